The van der Waals surface area contributed by atoms with Gasteiger partial charge in [0.25, 0.3) is 5.91 Å². The molecule has 1 amide bonds. The van der Waals surface area contributed by atoms with Crippen molar-refractivity contribution in [2.75, 3.05) is 24.1 Å². The quantitative estimate of drug-likeness (QED) is 0.757. The van der Waals surface area contributed by atoms with Crippen LogP contribution in [0.5, 0.6) is 5.75 Å². The Morgan fingerprint density at radius 2 is 1.68 bits per heavy atom. The summed E-state index contributed by atoms with van der Waals surface area (Å²) in [5.41, 5.74) is 0.450. The third-order valence-electron chi connectivity index (χ3n) is 4.35. The van der Waals surface area contributed by atoms with Gasteiger partial charge in [0.1, 0.15) is 11.9 Å². The summed E-state index contributed by atoms with van der Waals surface area (Å²) >= 11 is 11.9. The van der Waals surface area contributed by atoms with E-state index in [1.807, 2.05) is 12.1 Å². The van der Waals surface area contributed by atoms with Gasteiger partial charge in [-0.25, -0.2) is 8.42 Å². The minimum absolute atomic E-state index is 0.00166. The molecule has 0 radical (unpaired) electrons. The number of piperidine rings is 1. The predicted octanol–water partition coefficient (Wildman–Crippen LogP) is 4.05. The zero-order chi connectivity index (χ0) is 20.3. The van der Waals surface area contributed by atoms with Gasteiger partial charge in [0.05, 0.1) is 17.5 Å². The van der Waals surface area contributed by atoms with Gasteiger partial charge < -0.3 is 9.64 Å². The van der Waals surface area contributed by atoms with Crippen molar-refractivity contribution in [2.24, 2.45) is 0 Å². The Balaban J connectivity index is 1.66. The van der Waals surface area contributed by atoms with Crippen LogP contribution in [-0.2, 0) is 10.0 Å². The lowest BCUT2D eigenvalue weighted by Gasteiger charge is -2.32. The SMILES string of the molecule is CS(=O)(=O)Nc1ccc(Cl)cc1C(=O)N1CCC(Oc2ccc(Cl)cc2)CC1. The van der Waals surface area contributed by atoms with Gasteiger partial charge in [-0.2, -0.15) is 0 Å². The Morgan fingerprint density at radius 3 is 2.29 bits per heavy atom. The van der Waals surface area contributed by atoms with E-state index in [1.54, 1.807) is 17.0 Å². The molecule has 0 unspecified atom stereocenters. The molecule has 9 heteroatoms. The number of hydrogen-bond donors (Lipinski definition) is 1. The lowest BCUT2D eigenvalue weighted by molar-refractivity contribution is 0.0596. The number of amides is 1. The second-order valence-electron chi connectivity index (χ2n) is 6.63. The zero-order valence-electron chi connectivity index (χ0n) is 15.2. The maximum Gasteiger partial charge on any atom is 0.256 e. The molecule has 0 aliphatic carbocycles. The van der Waals surface area contributed by atoms with E-state index in [9.17, 15) is 13.2 Å². The fourth-order valence-corrected chi connectivity index (χ4v) is 3.91. The van der Waals surface area contributed by atoms with Crippen LogP contribution in [0.25, 0.3) is 0 Å². The van der Waals surface area contributed by atoms with Crippen LogP contribution in [0.1, 0.15) is 23.2 Å². The molecule has 0 saturated carbocycles. The fourth-order valence-electron chi connectivity index (χ4n) is 3.03. The van der Waals surface area contributed by atoms with Gasteiger partial charge in [-0.05, 0) is 42.5 Å². The number of carbonyl (C=O) groups is 1. The molecule has 3 rings (SSSR count). The first-order valence-electron chi connectivity index (χ1n) is 8.70. The molecular formula is C19H20Cl2N2O4S. The Kier molecular flexibility index (Phi) is 6.37. The van der Waals surface area contributed by atoms with Gasteiger partial charge in [-0.1, -0.05) is 23.2 Å². The third-order valence-corrected chi connectivity index (χ3v) is 5.43. The molecule has 0 bridgehead atoms. The van der Waals surface area contributed by atoms with Gasteiger partial charge in [-0.15, -0.1) is 0 Å². The molecule has 0 spiro atoms. The van der Waals surface area contributed by atoms with Crippen LogP contribution in [-0.4, -0.2) is 44.7 Å². The molecule has 2 aromatic carbocycles. The Morgan fingerprint density at radius 1 is 1.07 bits per heavy atom. The number of carbonyl (C=O) groups excluding carboxylic acids is 1. The van der Waals surface area contributed by atoms with E-state index >= 15 is 0 Å². The third kappa shape index (κ3) is 5.53. The summed E-state index contributed by atoms with van der Waals surface area (Å²) in [4.78, 5) is 14.6. The van der Waals surface area contributed by atoms with E-state index < -0.39 is 10.0 Å². The molecule has 0 atom stereocenters. The van der Waals surface area contributed by atoms with Crippen molar-refractivity contribution in [3.8, 4) is 5.75 Å². The average Bonchev–Trinajstić information content (AvgIpc) is 2.64. The van der Waals surface area contributed by atoms with Gasteiger partial charge in [0, 0.05) is 36.0 Å². The summed E-state index contributed by atoms with van der Waals surface area (Å²) in [6.07, 6.45) is 2.38. The van der Waals surface area contributed by atoms with Crippen molar-refractivity contribution in [3.05, 3.63) is 58.1 Å². The Labute approximate surface area is 174 Å². The van der Waals surface area contributed by atoms with E-state index in [-0.39, 0.29) is 23.3 Å². The molecular weight excluding hydrogens is 423 g/mol. The van der Waals surface area contributed by atoms with Crippen molar-refractivity contribution in [2.45, 2.75) is 18.9 Å². The summed E-state index contributed by atoms with van der Waals surface area (Å²) in [7, 11) is -3.52. The van der Waals surface area contributed by atoms with Crippen LogP contribution in [0.3, 0.4) is 0 Å². The minimum atomic E-state index is -3.52. The Hall–Kier alpha value is -1.96. The first-order chi connectivity index (χ1) is 13.2. The Bertz CT molecular complexity index is 956. The van der Waals surface area contributed by atoms with Crippen LogP contribution in [0, 0.1) is 0 Å². The van der Waals surface area contributed by atoms with E-state index in [0.717, 1.165) is 12.0 Å². The molecule has 1 saturated heterocycles. The van der Waals surface area contributed by atoms with Gasteiger partial charge in [0.15, 0.2) is 0 Å². The lowest BCUT2D eigenvalue weighted by Crippen LogP contribution is -2.42. The highest BCUT2D eigenvalue weighted by molar-refractivity contribution is 7.92. The van der Waals surface area contributed by atoms with Crippen LogP contribution < -0.4 is 9.46 Å². The first-order valence-corrected chi connectivity index (χ1v) is 11.3. The van der Waals surface area contributed by atoms with Crippen LogP contribution in [0.4, 0.5) is 5.69 Å². The topological polar surface area (TPSA) is 75.7 Å². The average molecular weight is 443 g/mol. The highest BCUT2D eigenvalue weighted by atomic mass is 35.5. The summed E-state index contributed by atoms with van der Waals surface area (Å²) < 4.78 is 31.5. The number of anilines is 1. The minimum Gasteiger partial charge on any atom is -0.490 e. The number of rotatable bonds is 5. The molecule has 150 valence electrons. The molecule has 1 heterocycles. The number of sulfonamides is 1. The number of ether oxygens (including phenoxy) is 1. The highest BCUT2D eigenvalue weighted by Crippen LogP contribution is 2.26. The standard InChI is InChI=1S/C19H20Cl2N2O4S/c1-28(25,26)22-18-7-4-14(21)12-17(18)19(24)23-10-8-16(9-11-23)27-15-5-2-13(20)3-6-15/h2-7,12,16,22H,8-11H2,1H3. The van der Waals surface area contributed by atoms with E-state index in [1.165, 1.54) is 18.2 Å². The van der Waals surface area contributed by atoms with Crippen molar-refractivity contribution in [3.63, 3.8) is 0 Å². The summed E-state index contributed by atoms with van der Waals surface area (Å²) in [6.45, 7) is 1.00. The maximum absolute atomic E-state index is 12.9. The van der Waals surface area contributed by atoms with Crippen LogP contribution in [0.2, 0.25) is 10.0 Å². The molecule has 1 aliphatic rings. The lowest BCUT2D eigenvalue weighted by atomic mass is 10.1. The molecule has 1 N–H and O–H groups in total. The van der Waals surface area contributed by atoms with E-state index in [0.29, 0.717) is 36.0 Å². The molecule has 28 heavy (non-hydrogen) atoms. The summed E-state index contributed by atoms with van der Waals surface area (Å²) in [5.74, 6) is 0.474. The second kappa shape index (κ2) is 8.59. The fraction of sp³-hybridized carbons (Fsp3) is 0.316. The normalized spacial score (nSPS) is 15.3. The maximum atomic E-state index is 12.9. The van der Waals surface area contributed by atoms with E-state index in [4.69, 9.17) is 27.9 Å². The summed E-state index contributed by atoms with van der Waals surface area (Å²) in [5, 5.41) is 1.01. The number of nitrogens with zero attached hydrogens (tertiary/aromatic N) is 1. The molecule has 1 aliphatic heterocycles. The highest BCUT2D eigenvalue weighted by Gasteiger charge is 2.26. The summed E-state index contributed by atoms with van der Waals surface area (Å²) in [6, 6.07) is 11.7. The smallest absolute Gasteiger partial charge is 0.256 e. The van der Waals surface area contributed by atoms with Crippen LogP contribution in [0.15, 0.2) is 42.5 Å². The van der Waals surface area contributed by atoms with Crippen molar-refractivity contribution >= 4 is 44.8 Å². The van der Waals surface area contributed by atoms with Crippen molar-refractivity contribution in [1.82, 2.24) is 4.90 Å². The molecule has 1 fully saturated rings. The zero-order valence-corrected chi connectivity index (χ0v) is 17.5. The largest absolute Gasteiger partial charge is 0.490 e. The van der Waals surface area contributed by atoms with Crippen molar-refractivity contribution < 1.29 is 17.9 Å². The van der Waals surface area contributed by atoms with Gasteiger partial charge >= 0.3 is 0 Å². The number of likely N-dealkylation sites (tertiary alicyclic amines) is 1. The van der Waals surface area contributed by atoms with Gasteiger partial charge in [0.2, 0.25) is 10.0 Å². The number of nitrogens with one attached hydrogen (secondary N) is 1. The molecule has 0 aromatic heterocycles. The first kappa shape index (κ1) is 20.8. The number of benzene rings is 2. The van der Waals surface area contributed by atoms with Gasteiger partial charge in [-0.3, -0.25) is 9.52 Å². The molecule has 2 aromatic rings. The second-order valence-corrected chi connectivity index (χ2v) is 9.25. The monoisotopic (exact) mass is 442 g/mol. The predicted molar refractivity (Wildman–Crippen MR) is 111 cm³/mol. The number of halogens is 2. The van der Waals surface area contributed by atoms with Crippen molar-refractivity contribution in [1.29, 1.82) is 0 Å². The van der Waals surface area contributed by atoms with Crippen LogP contribution >= 0.6 is 23.2 Å². The van der Waals surface area contributed by atoms with E-state index in [2.05, 4.69) is 4.72 Å². The number of hydrogen-bond acceptors (Lipinski definition) is 4. The molecule has 6 nitrogen and oxygen atoms in total.